The Kier molecular flexibility index (Phi) is 6.03. The van der Waals surface area contributed by atoms with Crippen LogP contribution in [-0.2, 0) is 4.79 Å². The van der Waals surface area contributed by atoms with Gasteiger partial charge in [-0.25, -0.2) is 4.79 Å². The van der Waals surface area contributed by atoms with Crippen LogP contribution in [0.5, 0.6) is 0 Å². The number of benzene rings is 1. The summed E-state index contributed by atoms with van der Waals surface area (Å²) in [4.78, 5) is 32.7. The summed E-state index contributed by atoms with van der Waals surface area (Å²) in [5.41, 5.74) is 3.33. The first-order chi connectivity index (χ1) is 14.2. The number of rotatable bonds is 3. The number of aliphatic imine (C=N–C) groups is 1. The molecule has 0 saturated carbocycles. The molecule has 0 fully saturated rings. The Labute approximate surface area is 194 Å². The van der Waals surface area contributed by atoms with Gasteiger partial charge in [0.25, 0.3) is 0 Å². The third-order valence-electron chi connectivity index (χ3n) is 7.15. The first-order valence-corrected chi connectivity index (χ1v) is 14.9. The van der Waals surface area contributed by atoms with E-state index in [9.17, 15) is 9.59 Å². The minimum absolute atomic E-state index is 0.00344. The highest BCUT2D eigenvalue weighted by molar-refractivity contribution is 9.10. The number of hydrogen-bond acceptors (Lipinski definition) is 3. The van der Waals surface area contributed by atoms with Crippen molar-refractivity contribution in [2.75, 3.05) is 18.4 Å². The molecule has 3 amide bonds. The van der Waals surface area contributed by atoms with Crippen molar-refractivity contribution in [1.29, 1.82) is 0 Å². The predicted octanol–water partition coefficient (Wildman–Crippen LogP) is 5.33. The van der Waals surface area contributed by atoms with Gasteiger partial charge in [-0.15, -0.1) is 0 Å². The maximum absolute atomic E-state index is 13.2. The first-order valence-electron chi connectivity index (χ1n) is 10.6. The fourth-order valence-corrected chi connectivity index (χ4v) is 5.06. The molecule has 31 heavy (non-hydrogen) atoms. The molecule has 2 aliphatic rings. The molecule has 1 aromatic rings. The molecule has 0 aromatic heterocycles. The second kappa shape index (κ2) is 7.88. The summed E-state index contributed by atoms with van der Waals surface area (Å²) in [7, 11) is -1.73. The average molecular weight is 506 g/mol. The monoisotopic (exact) mass is 504 g/mol. The number of hydrogen-bond donors (Lipinski definition) is 2. The minimum atomic E-state index is -1.73. The van der Waals surface area contributed by atoms with E-state index in [-0.39, 0.29) is 11.9 Å². The molecule has 1 aromatic carbocycles. The summed E-state index contributed by atoms with van der Waals surface area (Å²) in [6.07, 6.45) is 0. The van der Waals surface area contributed by atoms with Crippen molar-refractivity contribution < 1.29 is 9.59 Å². The first kappa shape index (κ1) is 23.7. The standard InChI is InChI=1S/C23H33BrN4O2Si/c1-14-10-9-11-17(24)18(14)26-21(30)28-13-15-16(22(28,2)3)12-25-19(15)27-20(29)23(4,5)31(6,7)8/h9-11H,12-13H2,1-8H3,(H,26,30)(H,25,27,29). The summed E-state index contributed by atoms with van der Waals surface area (Å²) in [5.74, 6) is 0.621. The lowest BCUT2D eigenvalue weighted by atomic mass is 9.94. The molecule has 0 aliphatic carbocycles. The molecule has 2 heterocycles. The van der Waals surface area contributed by atoms with Crippen molar-refractivity contribution in [2.24, 2.45) is 4.99 Å². The predicted molar refractivity (Wildman–Crippen MR) is 134 cm³/mol. The van der Waals surface area contributed by atoms with Gasteiger partial charge in [-0.3, -0.25) is 9.79 Å². The molecule has 0 bridgehead atoms. The van der Waals surface area contributed by atoms with E-state index < -0.39 is 18.7 Å². The van der Waals surface area contributed by atoms with Crippen LogP contribution in [0.3, 0.4) is 0 Å². The van der Waals surface area contributed by atoms with E-state index in [2.05, 4.69) is 51.2 Å². The van der Waals surface area contributed by atoms with E-state index in [1.165, 1.54) is 0 Å². The smallest absolute Gasteiger partial charge is 0.311 e. The number of nitrogens with one attached hydrogen (secondary N) is 2. The number of amidine groups is 1. The van der Waals surface area contributed by atoms with Gasteiger partial charge in [0.2, 0.25) is 5.91 Å². The highest BCUT2D eigenvalue weighted by Gasteiger charge is 2.47. The molecule has 168 valence electrons. The van der Waals surface area contributed by atoms with Crippen LogP contribution in [0.1, 0.15) is 33.3 Å². The lowest BCUT2D eigenvalue weighted by Gasteiger charge is -2.36. The Morgan fingerprint density at radius 1 is 1.19 bits per heavy atom. The van der Waals surface area contributed by atoms with Crippen LogP contribution >= 0.6 is 15.9 Å². The Hall–Kier alpha value is -1.93. The van der Waals surface area contributed by atoms with Gasteiger partial charge < -0.3 is 15.5 Å². The molecular weight excluding hydrogens is 472 g/mol. The summed E-state index contributed by atoms with van der Waals surface area (Å²) in [6, 6.07) is 5.66. The number of carbonyl (C=O) groups excluding carboxylic acids is 2. The van der Waals surface area contributed by atoms with Gasteiger partial charge >= 0.3 is 6.03 Å². The Morgan fingerprint density at radius 2 is 1.84 bits per heavy atom. The van der Waals surface area contributed by atoms with Gasteiger partial charge in [-0.2, -0.15) is 0 Å². The average Bonchev–Trinajstić information content (AvgIpc) is 3.15. The normalized spacial score (nSPS) is 18.1. The highest BCUT2D eigenvalue weighted by atomic mass is 79.9. The van der Waals surface area contributed by atoms with Gasteiger partial charge in [0.05, 0.1) is 32.4 Å². The van der Waals surface area contributed by atoms with Crippen LogP contribution in [-0.4, -0.2) is 49.4 Å². The molecule has 0 spiro atoms. The third-order valence-corrected chi connectivity index (χ3v) is 11.8. The van der Waals surface area contributed by atoms with Crippen molar-refractivity contribution in [2.45, 2.75) is 64.8 Å². The van der Waals surface area contributed by atoms with E-state index >= 15 is 0 Å². The minimum Gasteiger partial charge on any atom is -0.311 e. The number of anilines is 1. The second-order valence-corrected chi connectivity index (χ2v) is 17.1. The van der Waals surface area contributed by atoms with E-state index in [0.717, 1.165) is 26.9 Å². The van der Waals surface area contributed by atoms with E-state index in [0.29, 0.717) is 18.9 Å². The third kappa shape index (κ3) is 4.12. The van der Waals surface area contributed by atoms with Gasteiger partial charge in [0, 0.05) is 15.1 Å². The largest absolute Gasteiger partial charge is 0.322 e. The van der Waals surface area contributed by atoms with Gasteiger partial charge in [-0.05, 0) is 53.9 Å². The van der Waals surface area contributed by atoms with Crippen LogP contribution in [0.25, 0.3) is 0 Å². The number of nitrogens with zero attached hydrogens (tertiary/aromatic N) is 2. The van der Waals surface area contributed by atoms with Gasteiger partial charge in [0.15, 0.2) is 0 Å². The lowest BCUT2D eigenvalue weighted by Crippen LogP contribution is -2.49. The zero-order valence-corrected chi connectivity index (χ0v) is 22.3. The van der Waals surface area contributed by atoms with Crippen molar-refractivity contribution in [3.05, 3.63) is 39.4 Å². The summed E-state index contributed by atoms with van der Waals surface area (Å²) in [5, 5.41) is 5.71. The molecule has 6 nitrogen and oxygen atoms in total. The fourth-order valence-electron chi connectivity index (χ4n) is 3.75. The SMILES string of the molecule is Cc1cccc(Br)c1NC(=O)N1CC2=C(CN=C2NC(=O)C(C)(C)[Si](C)(C)C)C1(C)C. The Bertz CT molecular complexity index is 985. The summed E-state index contributed by atoms with van der Waals surface area (Å²) in [6.45, 7) is 17.6. The van der Waals surface area contributed by atoms with Gasteiger partial charge in [-0.1, -0.05) is 45.6 Å². The maximum Gasteiger partial charge on any atom is 0.322 e. The lowest BCUT2D eigenvalue weighted by molar-refractivity contribution is -0.122. The molecule has 0 unspecified atom stereocenters. The van der Waals surface area contributed by atoms with E-state index in [4.69, 9.17) is 0 Å². The molecule has 8 heteroatoms. The number of amides is 3. The zero-order chi connectivity index (χ0) is 23.4. The number of urea groups is 1. The number of aryl methyl sites for hydroxylation is 1. The van der Waals surface area contributed by atoms with Crippen LogP contribution in [0.4, 0.5) is 10.5 Å². The Morgan fingerprint density at radius 3 is 2.42 bits per heavy atom. The van der Waals surface area contributed by atoms with Crippen molar-refractivity contribution in [3.63, 3.8) is 0 Å². The molecule has 0 atom stereocenters. The molecular formula is C23H33BrN4O2Si. The summed E-state index contributed by atoms with van der Waals surface area (Å²) < 4.78 is 0.849. The van der Waals surface area contributed by atoms with Crippen molar-refractivity contribution in [1.82, 2.24) is 10.2 Å². The molecule has 3 rings (SSSR count). The van der Waals surface area contributed by atoms with Gasteiger partial charge in [0.1, 0.15) is 5.84 Å². The molecule has 2 aliphatic heterocycles. The second-order valence-electron chi connectivity index (χ2n) is 10.5. The van der Waals surface area contributed by atoms with Crippen molar-refractivity contribution in [3.8, 4) is 0 Å². The van der Waals surface area contributed by atoms with E-state index in [1.807, 2.05) is 57.7 Å². The fraction of sp³-hybridized carbons (Fsp3) is 0.522. The van der Waals surface area contributed by atoms with Crippen molar-refractivity contribution >= 4 is 47.5 Å². The van der Waals surface area contributed by atoms with E-state index in [1.54, 1.807) is 0 Å². The molecule has 0 saturated heterocycles. The maximum atomic E-state index is 13.2. The van der Waals surface area contributed by atoms with Crippen LogP contribution in [0.15, 0.2) is 38.8 Å². The Balaban J connectivity index is 1.79. The quantitative estimate of drug-likeness (QED) is 0.546. The van der Waals surface area contributed by atoms with Crippen LogP contribution in [0.2, 0.25) is 24.7 Å². The summed E-state index contributed by atoms with van der Waals surface area (Å²) >= 11 is 3.53. The van der Waals surface area contributed by atoms with Crippen LogP contribution < -0.4 is 10.6 Å². The zero-order valence-electron chi connectivity index (χ0n) is 19.7. The molecule has 0 radical (unpaired) electrons. The number of para-hydroxylation sites is 1. The molecule has 2 N–H and O–H groups in total. The highest BCUT2D eigenvalue weighted by Crippen LogP contribution is 2.40. The number of halogens is 1. The topological polar surface area (TPSA) is 73.8 Å². The van der Waals surface area contributed by atoms with Crippen LogP contribution in [0, 0.1) is 6.92 Å². The number of carbonyl (C=O) groups is 2.